The monoisotopic (exact) mass is 407 g/mol. The molecule has 7 nitrogen and oxygen atoms in total. The van der Waals surface area contributed by atoms with E-state index >= 15 is 0 Å². The van der Waals surface area contributed by atoms with Gasteiger partial charge in [-0.15, -0.1) is 10.2 Å². The van der Waals surface area contributed by atoms with Crippen LogP contribution in [0.1, 0.15) is 20.3 Å². The molecular weight excluding hydrogens is 382 g/mol. The molecule has 1 aromatic carbocycles. The SMILES string of the molecule is CCCNc1nnc(SC(C)C(=O)Nc2ccc(N3CCOCC3)cc2)s1. The van der Waals surface area contributed by atoms with Gasteiger partial charge in [0.15, 0.2) is 4.34 Å². The van der Waals surface area contributed by atoms with E-state index < -0.39 is 0 Å². The van der Waals surface area contributed by atoms with Gasteiger partial charge in [0.2, 0.25) is 11.0 Å². The summed E-state index contributed by atoms with van der Waals surface area (Å²) < 4.78 is 6.17. The number of carbonyl (C=O) groups excluding carboxylic acids is 1. The molecule has 2 aromatic rings. The molecule has 1 atom stereocenters. The first kappa shape index (κ1) is 19.9. The minimum Gasteiger partial charge on any atom is -0.378 e. The van der Waals surface area contributed by atoms with E-state index in [1.165, 1.54) is 23.1 Å². The van der Waals surface area contributed by atoms with E-state index in [2.05, 4.69) is 32.7 Å². The molecule has 1 aromatic heterocycles. The van der Waals surface area contributed by atoms with E-state index in [-0.39, 0.29) is 11.2 Å². The summed E-state index contributed by atoms with van der Waals surface area (Å²) in [6, 6.07) is 7.96. The van der Waals surface area contributed by atoms with Crippen LogP contribution < -0.4 is 15.5 Å². The number of thioether (sulfide) groups is 1. The third-order valence-electron chi connectivity index (χ3n) is 4.09. The van der Waals surface area contributed by atoms with Crippen molar-refractivity contribution in [1.29, 1.82) is 0 Å². The first-order chi connectivity index (χ1) is 13.2. The molecule has 1 fully saturated rings. The lowest BCUT2D eigenvalue weighted by atomic mass is 10.2. The minimum absolute atomic E-state index is 0.0441. The summed E-state index contributed by atoms with van der Waals surface area (Å²) in [5, 5.41) is 15.0. The van der Waals surface area contributed by atoms with E-state index in [0.29, 0.717) is 0 Å². The van der Waals surface area contributed by atoms with Crippen molar-refractivity contribution >= 4 is 45.5 Å². The number of rotatable bonds is 8. The van der Waals surface area contributed by atoms with E-state index in [1.807, 2.05) is 31.2 Å². The number of aromatic nitrogens is 2. The Morgan fingerprint density at radius 1 is 1.30 bits per heavy atom. The smallest absolute Gasteiger partial charge is 0.237 e. The van der Waals surface area contributed by atoms with Crippen LogP contribution in [-0.2, 0) is 9.53 Å². The Bertz CT molecular complexity index is 732. The molecule has 9 heteroatoms. The molecule has 1 unspecified atom stereocenters. The van der Waals surface area contributed by atoms with Crippen molar-refractivity contribution < 1.29 is 9.53 Å². The molecule has 0 saturated carbocycles. The molecule has 0 radical (unpaired) electrons. The van der Waals surface area contributed by atoms with Gasteiger partial charge < -0.3 is 20.3 Å². The summed E-state index contributed by atoms with van der Waals surface area (Å²) >= 11 is 2.90. The Hall–Kier alpha value is -1.84. The predicted octanol–water partition coefficient (Wildman–Crippen LogP) is 3.32. The predicted molar refractivity (Wildman–Crippen MR) is 112 cm³/mol. The number of nitrogens with one attached hydrogen (secondary N) is 2. The standard InChI is InChI=1S/C18H25N5O2S2/c1-3-8-19-17-21-22-18(27-17)26-13(2)16(24)20-14-4-6-15(7-5-14)23-9-11-25-12-10-23/h4-7,13H,3,8-12H2,1-2H3,(H,19,21)(H,20,24). The minimum atomic E-state index is -0.254. The highest BCUT2D eigenvalue weighted by Gasteiger charge is 2.18. The van der Waals surface area contributed by atoms with Crippen LogP contribution in [0.2, 0.25) is 0 Å². The number of ether oxygens (including phenoxy) is 1. The molecule has 146 valence electrons. The Balaban J connectivity index is 1.50. The highest BCUT2D eigenvalue weighted by Crippen LogP contribution is 2.29. The van der Waals surface area contributed by atoms with Crippen molar-refractivity contribution in [3.05, 3.63) is 24.3 Å². The fraction of sp³-hybridized carbons (Fsp3) is 0.500. The van der Waals surface area contributed by atoms with Crippen molar-refractivity contribution in [1.82, 2.24) is 10.2 Å². The maximum absolute atomic E-state index is 12.5. The molecule has 0 spiro atoms. The lowest BCUT2D eigenvalue weighted by Gasteiger charge is -2.28. The Morgan fingerprint density at radius 3 is 2.74 bits per heavy atom. The molecule has 27 heavy (non-hydrogen) atoms. The fourth-order valence-electron chi connectivity index (χ4n) is 2.59. The number of carbonyl (C=O) groups is 1. The zero-order chi connectivity index (χ0) is 19.1. The number of hydrogen-bond acceptors (Lipinski definition) is 8. The van der Waals surface area contributed by atoms with Crippen LogP contribution in [0.3, 0.4) is 0 Å². The summed E-state index contributed by atoms with van der Waals surface area (Å²) in [6.45, 7) is 8.16. The zero-order valence-corrected chi connectivity index (χ0v) is 17.2. The topological polar surface area (TPSA) is 79.4 Å². The largest absolute Gasteiger partial charge is 0.378 e. The second-order valence-electron chi connectivity index (χ2n) is 6.20. The average molecular weight is 408 g/mol. The summed E-state index contributed by atoms with van der Waals surface area (Å²) in [6.07, 6.45) is 1.03. The highest BCUT2D eigenvalue weighted by molar-refractivity contribution is 8.02. The number of benzene rings is 1. The van der Waals surface area contributed by atoms with Crippen LogP contribution in [0.5, 0.6) is 0 Å². The Labute approximate surface area is 167 Å². The van der Waals surface area contributed by atoms with Crippen molar-refractivity contribution in [2.45, 2.75) is 29.9 Å². The van der Waals surface area contributed by atoms with Crippen LogP contribution in [-0.4, -0.2) is 54.2 Å². The van der Waals surface area contributed by atoms with Gasteiger partial charge in [0.05, 0.1) is 18.5 Å². The normalized spacial score (nSPS) is 15.4. The van der Waals surface area contributed by atoms with E-state index in [4.69, 9.17) is 4.74 Å². The van der Waals surface area contributed by atoms with Gasteiger partial charge in [0.25, 0.3) is 0 Å². The molecular formula is C18H25N5O2S2. The van der Waals surface area contributed by atoms with Crippen molar-refractivity contribution in [3.63, 3.8) is 0 Å². The first-order valence-electron chi connectivity index (χ1n) is 9.13. The lowest BCUT2D eigenvalue weighted by molar-refractivity contribution is -0.115. The van der Waals surface area contributed by atoms with E-state index in [0.717, 1.165) is 60.1 Å². The van der Waals surface area contributed by atoms with Crippen LogP contribution in [0.4, 0.5) is 16.5 Å². The van der Waals surface area contributed by atoms with Crippen molar-refractivity contribution in [3.8, 4) is 0 Å². The maximum Gasteiger partial charge on any atom is 0.237 e. The van der Waals surface area contributed by atoms with Gasteiger partial charge in [0, 0.05) is 31.0 Å². The van der Waals surface area contributed by atoms with Crippen LogP contribution >= 0.6 is 23.1 Å². The van der Waals surface area contributed by atoms with Gasteiger partial charge in [0.1, 0.15) is 0 Å². The second-order valence-corrected chi connectivity index (χ2v) is 8.76. The average Bonchev–Trinajstić information content (AvgIpc) is 3.15. The van der Waals surface area contributed by atoms with E-state index in [1.54, 1.807) is 0 Å². The molecule has 0 bridgehead atoms. The van der Waals surface area contributed by atoms with Crippen LogP contribution in [0.15, 0.2) is 28.6 Å². The fourth-order valence-corrected chi connectivity index (χ4v) is 4.51. The molecule has 0 aliphatic carbocycles. The van der Waals surface area contributed by atoms with Crippen molar-refractivity contribution in [2.75, 3.05) is 48.4 Å². The van der Waals surface area contributed by atoms with Gasteiger partial charge in [-0.2, -0.15) is 0 Å². The quantitative estimate of drug-likeness (QED) is 0.650. The maximum atomic E-state index is 12.5. The number of hydrogen-bond donors (Lipinski definition) is 2. The van der Waals surface area contributed by atoms with Crippen LogP contribution in [0, 0.1) is 0 Å². The van der Waals surface area contributed by atoms with Crippen LogP contribution in [0.25, 0.3) is 0 Å². The molecule has 3 rings (SSSR count). The highest BCUT2D eigenvalue weighted by atomic mass is 32.2. The molecule has 1 aliphatic heterocycles. The molecule has 2 heterocycles. The lowest BCUT2D eigenvalue weighted by Crippen LogP contribution is -2.36. The molecule has 1 amide bonds. The summed E-state index contributed by atoms with van der Waals surface area (Å²) in [5.74, 6) is -0.0441. The van der Waals surface area contributed by atoms with Gasteiger partial charge in [-0.3, -0.25) is 4.79 Å². The molecule has 1 aliphatic rings. The summed E-state index contributed by atoms with van der Waals surface area (Å²) in [4.78, 5) is 14.7. The zero-order valence-electron chi connectivity index (χ0n) is 15.6. The summed E-state index contributed by atoms with van der Waals surface area (Å²) in [5.41, 5.74) is 1.95. The van der Waals surface area contributed by atoms with Gasteiger partial charge >= 0.3 is 0 Å². The third kappa shape index (κ3) is 5.82. The number of morpholine rings is 1. The van der Waals surface area contributed by atoms with Gasteiger partial charge in [-0.25, -0.2) is 0 Å². The number of nitrogens with zero attached hydrogens (tertiary/aromatic N) is 3. The second kappa shape index (κ2) is 9.91. The number of anilines is 3. The van der Waals surface area contributed by atoms with Gasteiger partial charge in [-0.1, -0.05) is 30.0 Å². The molecule has 1 saturated heterocycles. The third-order valence-corrected chi connectivity index (χ3v) is 6.16. The summed E-state index contributed by atoms with van der Waals surface area (Å²) in [7, 11) is 0. The first-order valence-corrected chi connectivity index (χ1v) is 10.8. The Morgan fingerprint density at radius 2 is 2.04 bits per heavy atom. The Kier molecular flexibility index (Phi) is 7.31. The van der Waals surface area contributed by atoms with Crippen molar-refractivity contribution in [2.24, 2.45) is 0 Å². The van der Waals surface area contributed by atoms with E-state index in [9.17, 15) is 4.79 Å². The molecule has 2 N–H and O–H groups in total. The van der Waals surface area contributed by atoms with Gasteiger partial charge in [-0.05, 0) is 37.6 Å². The number of amides is 1.